The van der Waals surface area contributed by atoms with Crippen LogP contribution in [0.5, 0.6) is 0 Å². The lowest BCUT2D eigenvalue weighted by Gasteiger charge is -2.21. The maximum Gasteiger partial charge on any atom is 0.417 e. The highest BCUT2D eigenvalue weighted by molar-refractivity contribution is 7.99. The largest absolute Gasteiger partial charge is 0.417 e. The molecule has 0 aliphatic carbocycles. The molecule has 1 aliphatic rings. The van der Waals surface area contributed by atoms with E-state index in [1.165, 1.54) is 23.1 Å². The number of imidazole rings is 1. The molecule has 158 valence electrons. The van der Waals surface area contributed by atoms with Crippen molar-refractivity contribution in [2.75, 3.05) is 12.3 Å². The van der Waals surface area contributed by atoms with Gasteiger partial charge in [0, 0.05) is 25.4 Å². The van der Waals surface area contributed by atoms with Gasteiger partial charge in [-0.15, -0.1) is 11.8 Å². The van der Waals surface area contributed by atoms with Crippen LogP contribution in [-0.4, -0.2) is 32.5 Å². The van der Waals surface area contributed by atoms with Gasteiger partial charge in [0.15, 0.2) is 0 Å². The molecular formula is C19H13Cl3F3N3OS. The molecule has 11 heteroatoms. The normalized spacial score (nSPS) is 17.2. The van der Waals surface area contributed by atoms with Crippen molar-refractivity contribution in [3.63, 3.8) is 0 Å². The summed E-state index contributed by atoms with van der Waals surface area (Å²) in [5.41, 5.74) is 0.0180. The monoisotopic (exact) mass is 493 g/mol. The van der Waals surface area contributed by atoms with E-state index in [0.717, 1.165) is 12.3 Å². The molecule has 30 heavy (non-hydrogen) atoms. The summed E-state index contributed by atoms with van der Waals surface area (Å²) in [5, 5.41) is -0.145. The van der Waals surface area contributed by atoms with Crippen LogP contribution in [-0.2, 0) is 11.0 Å². The van der Waals surface area contributed by atoms with E-state index in [1.54, 1.807) is 23.1 Å². The van der Waals surface area contributed by atoms with Crippen LogP contribution in [0.4, 0.5) is 13.2 Å². The van der Waals surface area contributed by atoms with E-state index in [-0.39, 0.29) is 37.9 Å². The number of hydrogen-bond donors (Lipinski definition) is 0. The molecule has 2 aromatic heterocycles. The quantitative estimate of drug-likeness (QED) is 0.404. The van der Waals surface area contributed by atoms with Crippen LogP contribution in [0, 0.1) is 0 Å². The summed E-state index contributed by atoms with van der Waals surface area (Å²) in [4.78, 5) is 18.3. The second kappa shape index (κ2) is 7.82. The molecule has 1 amide bonds. The van der Waals surface area contributed by atoms with Gasteiger partial charge in [-0.05, 0) is 18.2 Å². The SMILES string of the molecule is CC(=O)N1CCSC1c1nc(-c2c(Cl)cccc2Cl)n2cc(C(F)(F)F)cc(Cl)c12. The third kappa shape index (κ3) is 3.64. The predicted molar refractivity (Wildman–Crippen MR) is 113 cm³/mol. The molecule has 0 N–H and O–H groups in total. The number of benzene rings is 1. The highest BCUT2D eigenvalue weighted by atomic mass is 35.5. The van der Waals surface area contributed by atoms with Gasteiger partial charge in [0.25, 0.3) is 0 Å². The molecule has 1 aliphatic heterocycles. The van der Waals surface area contributed by atoms with Crippen LogP contribution >= 0.6 is 46.6 Å². The van der Waals surface area contributed by atoms with Crippen molar-refractivity contribution >= 4 is 58.0 Å². The maximum atomic E-state index is 13.5. The van der Waals surface area contributed by atoms with Crippen LogP contribution in [0.2, 0.25) is 15.1 Å². The first-order valence-electron chi connectivity index (χ1n) is 8.71. The van der Waals surface area contributed by atoms with Crippen molar-refractivity contribution in [1.29, 1.82) is 0 Å². The second-order valence-corrected chi connectivity index (χ2v) is 9.06. The number of aromatic nitrogens is 2. The average Bonchev–Trinajstić information content (AvgIpc) is 3.26. The van der Waals surface area contributed by atoms with Gasteiger partial charge in [0.05, 0.1) is 31.7 Å². The second-order valence-electron chi connectivity index (χ2n) is 6.65. The van der Waals surface area contributed by atoms with Gasteiger partial charge >= 0.3 is 6.18 Å². The molecule has 3 heterocycles. The number of carbonyl (C=O) groups excluding carboxylic acids is 1. The van der Waals surface area contributed by atoms with Crippen molar-refractivity contribution in [3.05, 3.63) is 56.8 Å². The predicted octanol–water partition coefficient (Wildman–Crippen LogP) is 6.57. The number of carbonyl (C=O) groups is 1. The molecule has 3 aromatic rings. The fraction of sp³-hybridized carbons (Fsp3) is 0.263. The van der Waals surface area contributed by atoms with Crippen LogP contribution < -0.4 is 0 Å². The average molecular weight is 495 g/mol. The van der Waals surface area contributed by atoms with E-state index >= 15 is 0 Å². The van der Waals surface area contributed by atoms with Crippen molar-refractivity contribution in [2.45, 2.75) is 18.5 Å². The van der Waals surface area contributed by atoms with Gasteiger partial charge < -0.3 is 4.90 Å². The van der Waals surface area contributed by atoms with E-state index in [1.807, 2.05) is 0 Å². The molecule has 0 bridgehead atoms. The number of halogens is 6. The summed E-state index contributed by atoms with van der Waals surface area (Å²) in [6.45, 7) is 1.94. The molecule has 1 atom stereocenters. The number of rotatable bonds is 2. The summed E-state index contributed by atoms with van der Waals surface area (Å²) in [5.74, 6) is 0.634. The lowest BCUT2D eigenvalue weighted by molar-refractivity contribution is -0.137. The summed E-state index contributed by atoms with van der Waals surface area (Å²) in [7, 11) is 0. The Labute approximate surface area is 188 Å². The number of pyridine rings is 1. The van der Waals surface area contributed by atoms with E-state index in [0.29, 0.717) is 18.0 Å². The van der Waals surface area contributed by atoms with E-state index < -0.39 is 17.1 Å². The fourth-order valence-corrected chi connectivity index (χ4v) is 5.58. The van der Waals surface area contributed by atoms with Crippen molar-refractivity contribution in [1.82, 2.24) is 14.3 Å². The van der Waals surface area contributed by atoms with Crippen LogP contribution in [0.1, 0.15) is 23.6 Å². The Balaban J connectivity index is 2.06. The first-order chi connectivity index (χ1) is 14.1. The fourth-order valence-electron chi connectivity index (χ4n) is 3.43. The molecule has 1 aromatic carbocycles. The lowest BCUT2D eigenvalue weighted by Crippen LogP contribution is -2.28. The third-order valence-corrected chi connectivity index (χ3v) is 6.89. The Morgan fingerprint density at radius 2 is 1.87 bits per heavy atom. The smallest absolute Gasteiger partial charge is 0.324 e. The van der Waals surface area contributed by atoms with E-state index in [9.17, 15) is 18.0 Å². The zero-order valence-corrected chi connectivity index (χ0v) is 18.4. The number of hydrogen-bond acceptors (Lipinski definition) is 3. The summed E-state index contributed by atoms with van der Waals surface area (Å²) >= 11 is 20.4. The van der Waals surface area contributed by atoms with Gasteiger partial charge in [-0.25, -0.2) is 4.98 Å². The van der Waals surface area contributed by atoms with E-state index in [4.69, 9.17) is 34.8 Å². The minimum Gasteiger partial charge on any atom is -0.324 e. The van der Waals surface area contributed by atoms with Gasteiger partial charge in [-0.1, -0.05) is 40.9 Å². The number of thioether (sulfide) groups is 1. The Hall–Kier alpha value is -1.61. The number of fused-ring (bicyclic) bond motifs is 1. The molecule has 4 rings (SSSR count). The molecule has 1 fully saturated rings. The zero-order valence-electron chi connectivity index (χ0n) is 15.3. The summed E-state index contributed by atoms with van der Waals surface area (Å²) < 4.78 is 41.6. The molecule has 1 saturated heterocycles. The summed E-state index contributed by atoms with van der Waals surface area (Å²) in [6.07, 6.45) is -3.69. The number of amides is 1. The summed E-state index contributed by atoms with van der Waals surface area (Å²) in [6, 6.07) is 5.64. The Morgan fingerprint density at radius 1 is 1.20 bits per heavy atom. The zero-order chi connectivity index (χ0) is 21.8. The molecule has 0 spiro atoms. The van der Waals surface area contributed by atoms with Crippen LogP contribution in [0.25, 0.3) is 16.9 Å². The Morgan fingerprint density at radius 3 is 2.47 bits per heavy atom. The highest BCUT2D eigenvalue weighted by Gasteiger charge is 2.36. The van der Waals surface area contributed by atoms with Gasteiger partial charge in [0.2, 0.25) is 5.91 Å². The van der Waals surface area contributed by atoms with Gasteiger partial charge in [0.1, 0.15) is 16.9 Å². The molecular weight excluding hydrogens is 482 g/mol. The van der Waals surface area contributed by atoms with Crippen LogP contribution in [0.15, 0.2) is 30.5 Å². The molecule has 1 unspecified atom stereocenters. The minimum absolute atomic E-state index is 0.125. The van der Waals surface area contributed by atoms with E-state index in [2.05, 4.69) is 4.98 Å². The maximum absolute atomic E-state index is 13.5. The highest BCUT2D eigenvalue weighted by Crippen LogP contribution is 2.45. The van der Waals surface area contributed by atoms with Crippen molar-refractivity contribution in [2.24, 2.45) is 0 Å². The lowest BCUT2D eigenvalue weighted by atomic mass is 10.2. The number of nitrogens with zero attached hydrogens (tertiary/aromatic N) is 3. The first kappa shape index (κ1) is 21.6. The third-order valence-electron chi connectivity index (χ3n) is 4.76. The molecule has 0 radical (unpaired) electrons. The molecule has 4 nitrogen and oxygen atoms in total. The topological polar surface area (TPSA) is 37.6 Å². The van der Waals surface area contributed by atoms with Gasteiger partial charge in [-0.2, -0.15) is 13.2 Å². The Kier molecular flexibility index (Phi) is 5.63. The number of alkyl halides is 3. The standard InChI is InChI=1S/C19H13Cl3F3N3OS/c1-9(29)27-5-6-30-18(27)15-16-13(22)7-10(19(23,24)25)8-28(16)17(26-15)14-11(20)3-2-4-12(14)21/h2-4,7-8,18H,5-6H2,1H3. The minimum atomic E-state index is -4.61. The van der Waals surface area contributed by atoms with Crippen LogP contribution in [0.3, 0.4) is 0 Å². The molecule has 0 saturated carbocycles. The van der Waals surface area contributed by atoms with Gasteiger partial charge in [-0.3, -0.25) is 9.20 Å². The van der Waals surface area contributed by atoms with Crippen molar-refractivity contribution < 1.29 is 18.0 Å². The van der Waals surface area contributed by atoms with Crippen molar-refractivity contribution in [3.8, 4) is 11.4 Å². The Bertz CT molecular complexity index is 1150. The first-order valence-corrected chi connectivity index (χ1v) is 10.9.